The monoisotopic (exact) mass is 512 g/mol. The molecule has 0 aliphatic rings. The average molecular weight is 513 g/mol. The van der Waals surface area contributed by atoms with Crippen molar-refractivity contribution in [3.05, 3.63) is 71.7 Å². The van der Waals surface area contributed by atoms with Gasteiger partial charge in [-0.2, -0.15) is 0 Å². The fourth-order valence-electron chi connectivity index (χ4n) is 3.38. The number of benzene rings is 2. The van der Waals surface area contributed by atoms with Crippen molar-refractivity contribution < 1.29 is 48.3 Å². The van der Waals surface area contributed by atoms with Gasteiger partial charge in [0.15, 0.2) is 0 Å². The number of ether oxygens (including phenoxy) is 3. The van der Waals surface area contributed by atoms with E-state index in [1.807, 2.05) is 0 Å². The molecule has 3 rings (SSSR count). The zero-order valence-electron chi connectivity index (χ0n) is 20.1. The van der Waals surface area contributed by atoms with Gasteiger partial charge in [-0.3, -0.25) is 0 Å². The van der Waals surface area contributed by atoms with E-state index in [4.69, 9.17) is 18.6 Å². The van der Waals surface area contributed by atoms with Gasteiger partial charge in [0, 0.05) is 0 Å². The third-order valence-electron chi connectivity index (χ3n) is 5.33. The van der Waals surface area contributed by atoms with E-state index in [2.05, 4.69) is 0 Å². The van der Waals surface area contributed by atoms with Crippen LogP contribution in [0.4, 0.5) is 0 Å². The molecule has 0 saturated heterocycles. The largest absolute Gasteiger partial charge is 0.508 e. The number of phenolic OH excluding ortho intramolecular Hbond substituents is 3. The Labute approximate surface area is 213 Å². The molecule has 10 nitrogen and oxygen atoms in total. The Morgan fingerprint density at radius 1 is 0.676 bits per heavy atom. The molecule has 0 atom stereocenters. The van der Waals surface area contributed by atoms with Crippen molar-refractivity contribution in [2.75, 3.05) is 13.2 Å². The van der Waals surface area contributed by atoms with Gasteiger partial charge in [-0.05, 0) is 61.4 Å². The smallest absolute Gasteiger partial charge is 0.379 e. The van der Waals surface area contributed by atoms with Crippen molar-refractivity contribution in [1.82, 2.24) is 0 Å². The Hall–Kier alpha value is -4.47. The number of unbranched alkanes of at least 4 members (excludes halogenated alkanes) is 5. The van der Waals surface area contributed by atoms with Crippen molar-refractivity contribution in [2.45, 2.75) is 38.5 Å². The third kappa shape index (κ3) is 8.31. The summed E-state index contributed by atoms with van der Waals surface area (Å²) in [6.07, 6.45) is 6.05. The fourth-order valence-corrected chi connectivity index (χ4v) is 3.38. The zero-order valence-corrected chi connectivity index (χ0v) is 20.1. The second-order valence-corrected chi connectivity index (χ2v) is 8.14. The highest BCUT2D eigenvalue weighted by Crippen LogP contribution is 2.25. The van der Waals surface area contributed by atoms with Crippen LogP contribution in [0, 0.1) is 0 Å². The maximum atomic E-state index is 12.3. The lowest BCUT2D eigenvalue weighted by molar-refractivity contribution is 0.0480. The third-order valence-corrected chi connectivity index (χ3v) is 5.33. The van der Waals surface area contributed by atoms with E-state index in [0.29, 0.717) is 12.8 Å². The van der Waals surface area contributed by atoms with Gasteiger partial charge in [-0.15, -0.1) is 0 Å². The Morgan fingerprint density at radius 3 is 1.84 bits per heavy atom. The zero-order chi connectivity index (χ0) is 26.6. The standard InChI is InChI=1S/C27H28O10/c28-18-9-11-22(29)20(16-18)25(31)35-13-5-3-1-2-4-6-14-36-26(32)21-17-19(10-12-23(21)30)37-27(33)24-8-7-15-34-24/h7-12,15-17,28-30H,1-6,13-14H2. The van der Waals surface area contributed by atoms with E-state index < -0.39 is 17.9 Å². The van der Waals surface area contributed by atoms with Crippen molar-refractivity contribution in [3.8, 4) is 23.0 Å². The number of phenols is 3. The maximum absolute atomic E-state index is 12.3. The summed E-state index contributed by atoms with van der Waals surface area (Å²) in [7, 11) is 0. The van der Waals surface area contributed by atoms with E-state index in [0.717, 1.165) is 31.7 Å². The molecule has 0 aliphatic heterocycles. The molecule has 10 heteroatoms. The predicted octanol–water partition coefficient (Wildman–Crippen LogP) is 4.97. The molecular formula is C27H28O10. The highest BCUT2D eigenvalue weighted by Gasteiger charge is 2.17. The second-order valence-electron chi connectivity index (χ2n) is 8.14. The minimum absolute atomic E-state index is 0.00633. The van der Waals surface area contributed by atoms with Crippen LogP contribution < -0.4 is 4.74 Å². The molecular weight excluding hydrogens is 484 g/mol. The number of esters is 3. The van der Waals surface area contributed by atoms with Crippen LogP contribution in [-0.2, 0) is 9.47 Å². The van der Waals surface area contributed by atoms with Gasteiger partial charge in [0.25, 0.3) is 0 Å². The Balaban J connectivity index is 1.28. The first-order valence-corrected chi connectivity index (χ1v) is 11.8. The van der Waals surface area contributed by atoms with Crippen LogP contribution >= 0.6 is 0 Å². The van der Waals surface area contributed by atoms with E-state index in [-0.39, 0.29) is 53.1 Å². The van der Waals surface area contributed by atoms with Crippen LogP contribution in [-0.4, -0.2) is 46.4 Å². The summed E-state index contributed by atoms with van der Waals surface area (Å²) in [5, 5.41) is 29.0. The van der Waals surface area contributed by atoms with Gasteiger partial charge < -0.3 is 33.9 Å². The molecule has 0 saturated carbocycles. The molecule has 3 aromatic rings. The minimum Gasteiger partial charge on any atom is -0.508 e. The van der Waals surface area contributed by atoms with Gasteiger partial charge in [-0.25, -0.2) is 14.4 Å². The van der Waals surface area contributed by atoms with Crippen LogP contribution in [0.5, 0.6) is 23.0 Å². The van der Waals surface area contributed by atoms with Crippen molar-refractivity contribution in [2.24, 2.45) is 0 Å². The first-order chi connectivity index (χ1) is 17.8. The first-order valence-electron chi connectivity index (χ1n) is 11.8. The highest BCUT2D eigenvalue weighted by atomic mass is 16.6. The molecule has 0 amide bonds. The van der Waals surface area contributed by atoms with Gasteiger partial charge in [0.05, 0.1) is 19.5 Å². The topological polar surface area (TPSA) is 153 Å². The molecule has 196 valence electrons. The Bertz CT molecular complexity index is 1200. The van der Waals surface area contributed by atoms with Crippen molar-refractivity contribution in [1.29, 1.82) is 0 Å². The van der Waals surface area contributed by atoms with Crippen LogP contribution in [0.3, 0.4) is 0 Å². The summed E-state index contributed by atoms with van der Waals surface area (Å²) in [4.78, 5) is 36.2. The van der Waals surface area contributed by atoms with Gasteiger partial charge in [0.2, 0.25) is 5.76 Å². The van der Waals surface area contributed by atoms with Crippen LogP contribution in [0.1, 0.15) is 69.8 Å². The molecule has 1 heterocycles. The van der Waals surface area contributed by atoms with Crippen LogP contribution in [0.15, 0.2) is 59.2 Å². The summed E-state index contributed by atoms with van der Waals surface area (Å²) in [5.74, 6) is -2.75. The molecule has 0 radical (unpaired) electrons. The molecule has 0 spiro atoms. The van der Waals surface area contributed by atoms with Crippen LogP contribution in [0.2, 0.25) is 0 Å². The lowest BCUT2D eigenvalue weighted by Gasteiger charge is -2.09. The van der Waals surface area contributed by atoms with Crippen molar-refractivity contribution in [3.63, 3.8) is 0 Å². The highest BCUT2D eigenvalue weighted by molar-refractivity contribution is 5.94. The van der Waals surface area contributed by atoms with E-state index in [1.165, 1.54) is 42.7 Å². The Morgan fingerprint density at radius 2 is 1.24 bits per heavy atom. The first kappa shape index (κ1) is 27.1. The quantitative estimate of drug-likeness (QED) is 0.124. The summed E-state index contributed by atoms with van der Waals surface area (Å²) in [5.41, 5.74) is -0.192. The van der Waals surface area contributed by atoms with Gasteiger partial charge in [-0.1, -0.05) is 25.7 Å². The van der Waals surface area contributed by atoms with E-state index in [1.54, 1.807) is 6.07 Å². The van der Waals surface area contributed by atoms with Crippen LogP contribution in [0.25, 0.3) is 0 Å². The molecule has 37 heavy (non-hydrogen) atoms. The number of carbonyl (C=O) groups excluding carboxylic acids is 3. The fraction of sp³-hybridized carbons (Fsp3) is 0.296. The molecule has 3 N–H and O–H groups in total. The second kappa shape index (κ2) is 13.6. The number of aromatic hydroxyl groups is 3. The number of hydrogen-bond donors (Lipinski definition) is 3. The number of carbonyl (C=O) groups is 3. The molecule has 2 aromatic carbocycles. The summed E-state index contributed by atoms with van der Waals surface area (Å²) >= 11 is 0. The Kier molecular flexibility index (Phi) is 9.95. The number of hydrogen-bond acceptors (Lipinski definition) is 10. The minimum atomic E-state index is -0.732. The molecule has 0 aliphatic carbocycles. The van der Waals surface area contributed by atoms with E-state index >= 15 is 0 Å². The summed E-state index contributed by atoms with van der Waals surface area (Å²) < 4.78 is 20.4. The van der Waals surface area contributed by atoms with Crippen molar-refractivity contribution >= 4 is 17.9 Å². The molecule has 1 aromatic heterocycles. The maximum Gasteiger partial charge on any atom is 0.379 e. The number of furan rings is 1. The average Bonchev–Trinajstić information content (AvgIpc) is 3.43. The van der Waals surface area contributed by atoms with Gasteiger partial charge >= 0.3 is 17.9 Å². The lowest BCUT2D eigenvalue weighted by Crippen LogP contribution is -2.10. The molecule has 0 unspecified atom stereocenters. The molecule has 0 fully saturated rings. The van der Waals surface area contributed by atoms with Gasteiger partial charge in [0.1, 0.15) is 34.1 Å². The van der Waals surface area contributed by atoms with E-state index in [9.17, 15) is 29.7 Å². The molecule has 0 bridgehead atoms. The predicted molar refractivity (Wildman–Crippen MR) is 130 cm³/mol. The summed E-state index contributed by atoms with van der Waals surface area (Å²) in [6.45, 7) is 0.366. The number of rotatable bonds is 13. The SMILES string of the molecule is O=C(Oc1ccc(O)c(C(=O)OCCCCCCCCOC(=O)c2cc(O)ccc2O)c1)c1ccco1. The normalized spacial score (nSPS) is 10.6. The summed E-state index contributed by atoms with van der Waals surface area (Å²) in [6, 6.07) is 10.5. The lowest BCUT2D eigenvalue weighted by atomic mass is 10.1.